The van der Waals surface area contributed by atoms with Gasteiger partial charge >= 0.3 is 34.1 Å². The van der Waals surface area contributed by atoms with Crippen molar-refractivity contribution in [2.24, 2.45) is 7.05 Å². The van der Waals surface area contributed by atoms with Gasteiger partial charge in [0, 0.05) is 25.7 Å². The SMILES string of the molecule is CCc1ccc(COc2ccc(-n3c(=O)cc(C(F)(F)F)n(C)c3=O)cc2)c(OC(C)C(=O)OC)c1.COc1cc(OC)nc(NC(=O)NS(=O)(=O)N(C)S(C)(=O)=O)n1. The maximum absolute atomic E-state index is 13.1. The van der Waals surface area contributed by atoms with Crippen molar-refractivity contribution in [2.75, 3.05) is 39.9 Å². The molecule has 0 fully saturated rings. The van der Waals surface area contributed by atoms with Crippen LogP contribution in [0.2, 0.25) is 0 Å². The van der Waals surface area contributed by atoms with Gasteiger partial charge in [-0.15, -0.1) is 0 Å². The molecule has 1 atom stereocenters. The number of aromatic nitrogens is 4. The topological polar surface area (TPSA) is 246 Å². The fourth-order valence-corrected chi connectivity index (χ4v) is 6.55. The number of ether oxygens (including phenoxy) is 5. The fourth-order valence-electron chi connectivity index (χ4n) is 4.60. The third-order valence-corrected chi connectivity index (χ3v) is 11.3. The van der Waals surface area contributed by atoms with Gasteiger partial charge < -0.3 is 23.7 Å². The maximum Gasteiger partial charge on any atom is 0.431 e. The number of carbonyl (C=O) groups excluding carboxylic acids is 2. The highest BCUT2D eigenvalue weighted by Gasteiger charge is 2.35. The average molecular weight is 876 g/mol. The molecule has 0 aliphatic heterocycles. The quantitative estimate of drug-likeness (QED) is 0.173. The molecule has 2 aromatic carbocycles. The molecule has 1 unspecified atom stereocenters. The van der Waals surface area contributed by atoms with Gasteiger partial charge in [0.15, 0.2) is 6.10 Å². The highest BCUT2D eigenvalue weighted by Crippen LogP contribution is 2.28. The summed E-state index contributed by atoms with van der Waals surface area (Å²) >= 11 is 0. The van der Waals surface area contributed by atoms with Crippen LogP contribution in [-0.2, 0) is 56.0 Å². The number of rotatable bonds is 14. The fraction of sp³-hybridized carbons (Fsp3) is 0.353. The number of halogens is 3. The Bertz CT molecular complexity index is 2470. The Morgan fingerprint density at radius 2 is 1.53 bits per heavy atom. The average Bonchev–Trinajstić information content (AvgIpc) is 3.17. The van der Waals surface area contributed by atoms with Gasteiger partial charge in [-0.1, -0.05) is 22.8 Å². The summed E-state index contributed by atoms with van der Waals surface area (Å²) in [5, 5.41) is 2.02. The van der Waals surface area contributed by atoms with Gasteiger partial charge in [-0.2, -0.15) is 31.6 Å². The lowest BCUT2D eigenvalue weighted by molar-refractivity contribution is -0.148. The molecule has 4 rings (SSSR count). The summed E-state index contributed by atoms with van der Waals surface area (Å²) in [5.74, 6) is 0.122. The Balaban J connectivity index is 0.000000349. The van der Waals surface area contributed by atoms with Crippen molar-refractivity contribution in [3.05, 3.63) is 92.3 Å². The van der Waals surface area contributed by atoms with Crippen molar-refractivity contribution < 1.29 is 63.3 Å². The Hall–Kier alpha value is -6.21. The lowest BCUT2D eigenvalue weighted by atomic mass is 10.1. The van der Waals surface area contributed by atoms with Crippen LogP contribution in [0.5, 0.6) is 23.3 Å². The highest BCUT2D eigenvalue weighted by atomic mass is 32.3. The number of aryl methyl sites for hydroxylation is 1. The number of amides is 2. The smallest absolute Gasteiger partial charge is 0.431 e. The molecule has 0 aliphatic rings. The van der Waals surface area contributed by atoms with Gasteiger partial charge in [0.1, 0.15) is 23.8 Å². The number of nitrogens with zero attached hydrogens (tertiary/aromatic N) is 5. The first-order valence-corrected chi connectivity index (χ1v) is 20.0. The number of hydrogen-bond donors (Lipinski definition) is 2. The van der Waals surface area contributed by atoms with E-state index in [9.17, 15) is 49.2 Å². The van der Waals surface area contributed by atoms with E-state index in [0.29, 0.717) is 38.5 Å². The number of sulfonamides is 1. The van der Waals surface area contributed by atoms with Crippen molar-refractivity contribution >= 4 is 38.2 Å². The zero-order valence-corrected chi connectivity index (χ0v) is 34.3. The first-order valence-electron chi connectivity index (χ1n) is 16.7. The molecule has 25 heteroatoms. The Labute approximate surface area is 335 Å². The van der Waals surface area contributed by atoms with E-state index in [-0.39, 0.29) is 33.7 Å². The number of urea groups is 1. The second-order valence-electron chi connectivity index (χ2n) is 11.9. The number of hydrogen-bond acceptors (Lipinski definition) is 15. The molecule has 2 aromatic heterocycles. The van der Waals surface area contributed by atoms with Crippen molar-refractivity contribution in [2.45, 2.75) is 39.2 Å². The number of nitrogens with one attached hydrogen (secondary N) is 2. The normalized spacial score (nSPS) is 12.1. The van der Waals surface area contributed by atoms with Gasteiger partial charge in [0.2, 0.25) is 27.7 Å². The molecule has 322 valence electrons. The van der Waals surface area contributed by atoms with Crippen LogP contribution in [0.3, 0.4) is 0 Å². The monoisotopic (exact) mass is 875 g/mol. The summed E-state index contributed by atoms with van der Waals surface area (Å²) in [7, 11) is -3.05. The molecule has 0 aliphatic carbocycles. The summed E-state index contributed by atoms with van der Waals surface area (Å²) in [4.78, 5) is 55.7. The molecule has 2 amide bonds. The van der Waals surface area contributed by atoms with E-state index in [1.165, 1.54) is 56.4 Å². The molecule has 0 saturated carbocycles. The van der Waals surface area contributed by atoms with E-state index in [4.69, 9.17) is 23.7 Å². The minimum atomic E-state index is -4.84. The second-order valence-corrected chi connectivity index (χ2v) is 15.8. The van der Waals surface area contributed by atoms with Gasteiger partial charge in [-0.3, -0.25) is 14.7 Å². The van der Waals surface area contributed by atoms with Crippen LogP contribution >= 0.6 is 0 Å². The van der Waals surface area contributed by atoms with Gasteiger partial charge in [0.05, 0.1) is 39.3 Å². The molecule has 0 saturated heterocycles. The molecule has 2 heterocycles. The maximum atomic E-state index is 13.1. The number of methoxy groups -OCH3 is 3. The molecule has 0 radical (unpaired) electrons. The summed E-state index contributed by atoms with van der Waals surface area (Å²) in [6.07, 6.45) is -4.24. The number of carbonyl (C=O) groups is 2. The number of esters is 1. The van der Waals surface area contributed by atoms with E-state index in [1.54, 1.807) is 6.92 Å². The molecular weight excluding hydrogens is 836 g/mol. The minimum Gasteiger partial charge on any atom is -0.489 e. The van der Waals surface area contributed by atoms with Crippen LogP contribution in [0, 0.1) is 0 Å². The minimum absolute atomic E-state index is 0.00654. The van der Waals surface area contributed by atoms with Crippen molar-refractivity contribution in [3.8, 4) is 28.9 Å². The zero-order chi connectivity index (χ0) is 44.5. The standard InChI is InChI=1S/C25H25F3N2O6.C9H15N5O7S2/c1-5-16-6-7-17(20(12-16)36-15(2)23(32)34-4)14-35-19-10-8-18(9-11-19)30-22(31)13-21(25(26,27)28)29(3)24(30)33;1-14(22(4,16)17)23(18,19)13-9(15)12-8-10-6(20-2)5-7(11-8)21-3/h6-13,15H,5,14H2,1-4H3;5H,1-4H3,(H2,10,11,12,13,15). The van der Waals surface area contributed by atoms with Crippen LogP contribution < -0.4 is 40.2 Å². The molecule has 2 N–H and O–H groups in total. The molecule has 20 nitrogen and oxygen atoms in total. The highest BCUT2D eigenvalue weighted by molar-refractivity contribution is 8.03. The van der Waals surface area contributed by atoms with Crippen LogP contribution in [0.15, 0.2) is 64.2 Å². The molecule has 59 heavy (non-hydrogen) atoms. The van der Waals surface area contributed by atoms with Gasteiger partial charge in [0.25, 0.3) is 5.56 Å². The van der Waals surface area contributed by atoms with E-state index in [0.717, 1.165) is 26.1 Å². The lowest BCUT2D eigenvalue weighted by Crippen LogP contribution is -2.45. The van der Waals surface area contributed by atoms with E-state index < -0.39 is 61.5 Å². The van der Waals surface area contributed by atoms with Crippen molar-refractivity contribution in [1.82, 2.24) is 27.5 Å². The summed E-state index contributed by atoms with van der Waals surface area (Å²) in [6, 6.07) is 11.7. The van der Waals surface area contributed by atoms with Gasteiger partial charge in [-0.25, -0.2) is 32.1 Å². The first kappa shape index (κ1) is 47.2. The lowest BCUT2D eigenvalue weighted by Gasteiger charge is -2.17. The van der Waals surface area contributed by atoms with Crippen molar-refractivity contribution in [3.63, 3.8) is 0 Å². The van der Waals surface area contributed by atoms with Crippen LogP contribution in [0.4, 0.5) is 23.9 Å². The van der Waals surface area contributed by atoms with Crippen LogP contribution in [0.25, 0.3) is 5.69 Å². The molecule has 0 spiro atoms. The first-order chi connectivity index (χ1) is 27.4. The number of anilines is 1. The van der Waals surface area contributed by atoms with Crippen molar-refractivity contribution in [1.29, 1.82) is 0 Å². The largest absolute Gasteiger partial charge is 0.489 e. The number of benzene rings is 2. The van der Waals surface area contributed by atoms with E-state index in [2.05, 4.69) is 9.97 Å². The summed E-state index contributed by atoms with van der Waals surface area (Å²) < 4.78 is 114. The molecule has 0 bridgehead atoms. The Morgan fingerprint density at radius 3 is 2.03 bits per heavy atom. The van der Waals surface area contributed by atoms with E-state index in [1.807, 2.05) is 30.4 Å². The van der Waals surface area contributed by atoms with Crippen LogP contribution in [0.1, 0.15) is 30.7 Å². The molecule has 4 aromatic rings. The van der Waals surface area contributed by atoms with E-state index >= 15 is 0 Å². The zero-order valence-electron chi connectivity index (χ0n) is 32.7. The Kier molecular flexibility index (Phi) is 15.6. The van der Waals surface area contributed by atoms with Crippen LogP contribution in [-0.4, -0.2) is 92.4 Å². The van der Waals surface area contributed by atoms with Gasteiger partial charge in [-0.05, 0) is 49.2 Å². The number of alkyl halides is 3. The Morgan fingerprint density at radius 1 is 0.932 bits per heavy atom. The summed E-state index contributed by atoms with van der Waals surface area (Å²) in [6.45, 7) is 3.63. The third kappa shape index (κ3) is 12.6. The predicted molar refractivity (Wildman–Crippen MR) is 203 cm³/mol. The summed E-state index contributed by atoms with van der Waals surface area (Å²) in [5.41, 5.74) is -1.80. The third-order valence-electron chi connectivity index (χ3n) is 7.83. The second kappa shape index (κ2) is 19.5. The molecular formula is C34H40F3N7O13S2. The predicted octanol–water partition coefficient (Wildman–Crippen LogP) is 2.39.